The molecule has 2 aromatic carbocycles. The van der Waals surface area contributed by atoms with Crippen molar-refractivity contribution in [2.75, 3.05) is 7.11 Å². The van der Waals surface area contributed by atoms with Crippen LogP contribution in [0.25, 0.3) is 0 Å². The monoisotopic (exact) mass is 451 g/mol. The lowest BCUT2D eigenvalue weighted by Crippen LogP contribution is -2.51. The van der Waals surface area contributed by atoms with Crippen LogP contribution in [0.3, 0.4) is 0 Å². The van der Waals surface area contributed by atoms with E-state index in [-0.39, 0.29) is 17.0 Å². The largest absolute Gasteiger partial charge is 0.453 e. The number of esters is 1. The first-order chi connectivity index (χ1) is 14.7. The van der Waals surface area contributed by atoms with E-state index in [9.17, 15) is 23.3 Å². The Labute approximate surface area is 179 Å². The van der Waals surface area contributed by atoms with Crippen LogP contribution in [0.15, 0.2) is 59.5 Å². The maximum absolute atomic E-state index is 12.8. The molecule has 0 N–H and O–H groups in total. The Hall–Kier alpha value is -2.86. The van der Waals surface area contributed by atoms with Gasteiger partial charge in [0.2, 0.25) is 0 Å². The molecule has 1 fully saturated rings. The van der Waals surface area contributed by atoms with Gasteiger partial charge >= 0.3 is 5.97 Å². The maximum atomic E-state index is 12.8. The fourth-order valence-electron chi connectivity index (χ4n) is 3.13. The molecular formula is C20H21NO9S. The summed E-state index contributed by atoms with van der Waals surface area (Å²) >= 11 is 0. The second-order valence-corrected chi connectivity index (χ2v) is 8.39. The zero-order chi connectivity index (χ0) is 22.6. The van der Waals surface area contributed by atoms with Crippen LogP contribution in [-0.4, -0.2) is 51.0 Å². The Bertz CT molecular complexity index is 1020. The number of methoxy groups -OCH3 is 1. The highest BCUT2D eigenvalue weighted by Gasteiger charge is 2.43. The molecule has 0 spiro atoms. The summed E-state index contributed by atoms with van der Waals surface area (Å²) in [6.07, 6.45) is -3.63. The average molecular weight is 451 g/mol. The van der Waals surface area contributed by atoms with E-state index in [0.717, 1.165) is 24.3 Å². The molecule has 0 amide bonds. The first-order valence-electron chi connectivity index (χ1n) is 9.33. The van der Waals surface area contributed by atoms with Gasteiger partial charge in [0, 0.05) is 25.7 Å². The molecule has 11 heteroatoms. The fraction of sp³-hybridized carbons (Fsp3) is 0.350. The van der Waals surface area contributed by atoms with Crippen LogP contribution in [0.1, 0.15) is 23.7 Å². The van der Waals surface area contributed by atoms with E-state index in [0.29, 0.717) is 5.56 Å². The lowest BCUT2D eigenvalue weighted by atomic mass is 10.0. The van der Waals surface area contributed by atoms with Crippen molar-refractivity contribution in [1.29, 1.82) is 0 Å². The molecule has 0 aliphatic carbocycles. The van der Waals surface area contributed by atoms with Crippen LogP contribution in [0.4, 0.5) is 5.69 Å². The van der Waals surface area contributed by atoms with Gasteiger partial charge in [0.1, 0.15) is 6.10 Å². The Kier molecular flexibility index (Phi) is 7.01. The third-order valence-electron chi connectivity index (χ3n) is 4.72. The molecule has 0 bridgehead atoms. The quantitative estimate of drug-likeness (QED) is 0.270. The normalized spacial score (nSPS) is 23.8. The number of ether oxygens (including phenoxy) is 3. The lowest BCUT2D eigenvalue weighted by Gasteiger charge is -2.38. The number of benzene rings is 2. The predicted octanol–water partition coefficient (Wildman–Crippen LogP) is 2.68. The van der Waals surface area contributed by atoms with E-state index in [4.69, 9.17) is 18.4 Å². The Morgan fingerprint density at radius 3 is 2.35 bits per heavy atom. The van der Waals surface area contributed by atoms with Crippen molar-refractivity contribution in [3.05, 3.63) is 70.3 Å². The summed E-state index contributed by atoms with van der Waals surface area (Å²) in [6.45, 7) is 1.61. The predicted molar refractivity (Wildman–Crippen MR) is 107 cm³/mol. The first kappa shape index (κ1) is 22.8. The van der Waals surface area contributed by atoms with Crippen LogP contribution >= 0.6 is 0 Å². The summed E-state index contributed by atoms with van der Waals surface area (Å²) in [5.74, 6) is -0.654. The molecule has 2 aromatic rings. The molecule has 1 heterocycles. The lowest BCUT2D eigenvalue weighted by molar-refractivity contribution is -0.384. The van der Waals surface area contributed by atoms with Crippen molar-refractivity contribution < 1.29 is 36.5 Å². The number of nitro groups is 1. The van der Waals surface area contributed by atoms with Crippen LogP contribution in [-0.2, 0) is 28.5 Å². The Morgan fingerprint density at radius 2 is 1.77 bits per heavy atom. The van der Waals surface area contributed by atoms with Crippen LogP contribution < -0.4 is 0 Å². The maximum Gasteiger partial charge on any atom is 0.338 e. The van der Waals surface area contributed by atoms with Crippen molar-refractivity contribution >= 4 is 21.8 Å². The van der Waals surface area contributed by atoms with Crippen LogP contribution in [0.2, 0.25) is 0 Å². The van der Waals surface area contributed by atoms with Gasteiger partial charge in [0.15, 0.2) is 12.4 Å². The molecular weight excluding hydrogens is 430 g/mol. The average Bonchev–Trinajstić information content (AvgIpc) is 2.76. The van der Waals surface area contributed by atoms with E-state index in [1.54, 1.807) is 37.3 Å². The summed E-state index contributed by atoms with van der Waals surface area (Å²) in [7, 11) is -2.92. The van der Waals surface area contributed by atoms with E-state index in [1.807, 2.05) is 0 Å². The Balaban J connectivity index is 1.83. The van der Waals surface area contributed by atoms with Crippen molar-refractivity contribution in [2.45, 2.75) is 42.8 Å². The smallest absolute Gasteiger partial charge is 0.338 e. The fourth-order valence-corrected chi connectivity index (χ4v) is 4.23. The minimum atomic E-state index is -4.32. The van der Waals surface area contributed by atoms with E-state index >= 15 is 0 Å². The molecule has 4 atom stereocenters. The van der Waals surface area contributed by atoms with Gasteiger partial charge in [-0.15, -0.1) is 0 Å². The third kappa shape index (κ3) is 5.44. The van der Waals surface area contributed by atoms with Gasteiger partial charge < -0.3 is 14.2 Å². The molecule has 1 aliphatic rings. The number of nitro benzene ring substituents is 1. The van der Waals surface area contributed by atoms with Gasteiger partial charge in [0.25, 0.3) is 15.8 Å². The number of hydrogen-bond acceptors (Lipinski definition) is 9. The van der Waals surface area contributed by atoms with Gasteiger partial charge in [-0.05, 0) is 31.2 Å². The number of hydrogen-bond donors (Lipinski definition) is 0. The van der Waals surface area contributed by atoms with Gasteiger partial charge in [0.05, 0.1) is 21.5 Å². The summed E-state index contributed by atoms with van der Waals surface area (Å²) in [6, 6.07) is 12.5. The Morgan fingerprint density at radius 1 is 1.13 bits per heavy atom. The molecule has 166 valence electrons. The topological polar surface area (TPSA) is 131 Å². The standard InChI is InChI=1S/C20H21NO9S/c1-13-19(29-20(22)14-6-4-3-5-7-14)17(12-18(27-2)28-13)30-31(25,26)16-10-8-15(9-11-16)21(23)24/h3-11,13,17-19H,12H2,1-2H3/t13-,17+,18+,19-/m0/s1. The second-order valence-electron chi connectivity index (χ2n) is 6.82. The van der Waals surface area contributed by atoms with E-state index < -0.39 is 45.6 Å². The van der Waals surface area contributed by atoms with E-state index in [1.165, 1.54) is 7.11 Å². The summed E-state index contributed by atoms with van der Waals surface area (Å²) < 4.78 is 47.3. The minimum absolute atomic E-state index is 0.0141. The van der Waals surface area contributed by atoms with E-state index in [2.05, 4.69) is 0 Å². The highest BCUT2D eigenvalue weighted by Crippen LogP contribution is 2.29. The molecule has 0 aromatic heterocycles. The molecule has 0 saturated carbocycles. The second kappa shape index (κ2) is 9.52. The molecule has 10 nitrogen and oxygen atoms in total. The minimum Gasteiger partial charge on any atom is -0.453 e. The molecule has 3 rings (SSSR count). The van der Waals surface area contributed by atoms with Gasteiger partial charge in [-0.1, -0.05) is 18.2 Å². The number of non-ortho nitro benzene ring substituents is 1. The highest BCUT2D eigenvalue weighted by molar-refractivity contribution is 7.86. The first-order valence-corrected chi connectivity index (χ1v) is 10.7. The van der Waals surface area contributed by atoms with Gasteiger partial charge in [-0.2, -0.15) is 8.42 Å². The van der Waals surface area contributed by atoms with Crippen LogP contribution in [0.5, 0.6) is 0 Å². The summed E-state index contributed by atoms with van der Waals surface area (Å²) in [4.78, 5) is 22.4. The third-order valence-corrected chi connectivity index (χ3v) is 6.07. The molecule has 0 radical (unpaired) electrons. The molecule has 1 aliphatic heterocycles. The summed E-state index contributed by atoms with van der Waals surface area (Å²) in [5.41, 5.74) is 0.0355. The van der Waals surface area contributed by atoms with Crippen molar-refractivity contribution in [2.24, 2.45) is 0 Å². The number of rotatable bonds is 7. The van der Waals surface area contributed by atoms with Crippen molar-refractivity contribution in [3.63, 3.8) is 0 Å². The molecule has 31 heavy (non-hydrogen) atoms. The van der Waals surface area contributed by atoms with Gasteiger partial charge in [-0.3, -0.25) is 14.3 Å². The highest BCUT2D eigenvalue weighted by atomic mass is 32.2. The van der Waals surface area contributed by atoms with Gasteiger partial charge in [-0.25, -0.2) is 4.79 Å². The number of carbonyl (C=O) groups excluding carboxylic acids is 1. The number of nitrogens with zero attached hydrogens (tertiary/aromatic N) is 1. The SMILES string of the molecule is CO[C@H]1C[C@@H](OS(=O)(=O)c2ccc([N+](=O)[O-])cc2)[C@@H](OC(=O)c2ccccc2)[C@H](C)O1. The zero-order valence-corrected chi connectivity index (χ0v) is 17.6. The number of carbonyl (C=O) groups is 1. The van der Waals surface area contributed by atoms with Crippen molar-refractivity contribution in [1.82, 2.24) is 0 Å². The summed E-state index contributed by atoms with van der Waals surface area (Å²) in [5, 5.41) is 10.8. The van der Waals surface area contributed by atoms with Crippen LogP contribution in [0, 0.1) is 10.1 Å². The zero-order valence-electron chi connectivity index (χ0n) is 16.7. The molecule has 0 unspecified atom stereocenters. The molecule has 1 saturated heterocycles. The van der Waals surface area contributed by atoms with Crippen molar-refractivity contribution in [3.8, 4) is 0 Å².